The number of nitrogens with zero attached hydrogens (tertiary/aromatic N) is 1. The average Bonchev–Trinajstić information content (AvgIpc) is 2.47. The van der Waals surface area contributed by atoms with Gasteiger partial charge < -0.3 is 9.90 Å². The molecule has 21 heavy (non-hydrogen) atoms. The summed E-state index contributed by atoms with van der Waals surface area (Å²) < 4.78 is 25.7. The molecule has 0 aliphatic carbocycles. The first-order valence-electron chi connectivity index (χ1n) is 6.84. The van der Waals surface area contributed by atoms with E-state index in [2.05, 4.69) is 0 Å². The quantitative estimate of drug-likeness (QED) is 0.822. The predicted molar refractivity (Wildman–Crippen MR) is 78.4 cm³/mol. The van der Waals surface area contributed by atoms with Crippen LogP contribution in [0.2, 0.25) is 0 Å². The lowest BCUT2D eigenvalue weighted by Crippen LogP contribution is -2.42. The monoisotopic (exact) mass is 308 g/mol. The predicted octanol–water partition coefficient (Wildman–Crippen LogP) is 0.757. The van der Waals surface area contributed by atoms with Crippen LogP contribution in [0.1, 0.15) is 24.0 Å². The van der Waals surface area contributed by atoms with Crippen molar-refractivity contribution in [2.75, 3.05) is 13.1 Å². The third-order valence-corrected chi connectivity index (χ3v) is 5.22. The molecule has 1 aromatic carbocycles. The van der Waals surface area contributed by atoms with Crippen LogP contribution in [-0.2, 0) is 14.8 Å². The van der Waals surface area contributed by atoms with Gasteiger partial charge in [-0.05, 0) is 31.4 Å². The lowest BCUT2D eigenvalue weighted by molar-refractivity contribution is -0.312. The molecular formula is C15H18NO4S-. The average molecular weight is 308 g/mol. The molecule has 0 aromatic heterocycles. The zero-order valence-corrected chi connectivity index (χ0v) is 12.7. The van der Waals surface area contributed by atoms with Crippen molar-refractivity contribution in [2.45, 2.75) is 19.8 Å². The van der Waals surface area contributed by atoms with Crippen molar-refractivity contribution in [1.29, 1.82) is 0 Å². The van der Waals surface area contributed by atoms with Gasteiger partial charge in [-0.2, -0.15) is 4.31 Å². The van der Waals surface area contributed by atoms with Crippen LogP contribution < -0.4 is 5.11 Å². The number of carbonyl (C=O) groups excluding carboxylic acids is 1. The molecule has 1 aromatic rings. The van der Waals surface area contributed by atoms with Gasteiger partial charge in [0.15, 0.2) is 0 Å². The molecule has 0 saturated carbocycles. The van der Waals surface area contributed by atoms with Crippen LogP contribution in [0.25, 0.3) is 6.08 Å². The van der Waals surface area contributed by atoms with E-state index in [1.165, 1.54) is 9.71 Å². The van der Waals surface area contributed by atoms with Crippen LogP contribution in [0.5, 0.6) is 0 Å². The van der Waals surface area contributed by atoms with Crippen LogP contribution in [0.15, 0.2) is 29.7 Å². The maximum absolute atomic E-state index is 12.2. The summed E-state index contributed by atoms with van der Waals surface area (Å²) in [6.45, 7) is 2.41. The maximum atomic E-state index is 12.2. The van der Waals surface area contributed by atoms with Gasteiger partial charge in [0.1, 0.15) is 0 Å². The van der Waals surface area contributed by atoms with Gasteiger partial charge in [-0.15, -0.1) is 0 Å². The Bertz CT molecular complexity index is 626. The van der Waals surface area contributed by atoms with Crippen LogP contribution in [0.4, 0.5) is 0 Å². The molecule has 0 spiro atoms. The zero-order chi connectivity index (χ0) is 15.5. The number of carboxylic acids is 1. The lowest BCUT2D eigenvalue weighted by atomic mass is 9.99. The SMILES string of the molecule is Cc1ccc(/C=C/S(=O)(=O)N2CCC(C(=O)[O-])CC2)cc1. The molecule has 5 nitrogen and oxygen atoms in total. The van der Waals surface area contributed by atoms with Crippen molar-refractivity contribution in [1.82, 2.24) is 4.31 Å². The number of aryl methyl sites for hydroxylation is 1. The molecule has 0 unspecified atom stereocenters. The van der Waals surface area contributed by atoms with Gasteiger partial charge in [0.05, 0.1) is 0 Å². The smallest absolute Gasteiger partial charge is 0.236 e. The molecule has 0 amide bonds. The molecule has 1 aliphatic rings. The van der Waals surface area contributed by atoms with E-state index in [0.29, 0.717) is 12.8 Å². The van der Waals surface area contributed by atoms with Crippen molar-refractivity contribution in [3.63, 3.8) is 0 Å². The van der Waals surface area contributed by atoms with E-state index in [1.54, 1.807) is 6.08 Å². The highest BCUT2D eigenvalue weighted by Crippen LogP contribution is 2.20. The summed E-state index contributed by atoms with van der Waals surface area (Å²) in [5, 5.41) is 11.9. The second-order valence-electron chi connectivity index (χ2n) is 5.25. The number of hydrogen-bond acceptors (Lipinski definition) is 4. The zero-order valence-electron chi connectivity index (χ0n) is 11.9. The summed E-state index contributed by atoms with van der Waals surface area (Å²) >= 11 is 0. The highest BCUT2D eigenvalue weighted by Gasteiger charge is 2.26. The Morgan fingerprint density at radius 2 is 1.81 bits per heavy atom. The molecule has 1 fully saturated rings. The minimum absolute atomic E-state index is 0.221. The van der Waals surface area contributed by atoms with Gasteiger partial charge in [-0.1, -0.05) is 29.8 Å². The molecule has 1 saturated heterocycles. The minimum atomic E-state index is -3.50. The van der Waals surface area contributed by atoms with Crippen molar-refractivity contribution in [3.8, 4) is 0 Å². The van der Waals surface area contributed by atoms with Gasteiger partial charge in [0, 0.05) is 30.4 Å². The van der Waals surface area contributed by atoms with E-state index in [-0.39, 0.29) is 13.1 Å². The molecule has 1 aliphatic heterocycles. The Kier molecular flexibility index (Phi) is 4.80. The van der Waals surface area contributed by atoms with E-state index in [9.17, 15) is 18.3 Å². The minimum Gasteiger partial charge on any atom is -0.550 e. The molecule has 0 bridgehead atoms. The van der Waals surface area contributed by atoms with Crippen molar-refractivity contribution in [3.05, 3.63) is 40.8 Å². The highest BCUT2D eigenvalue weighted by atomic mass is 32.2. The van der Waals surface area contributed by atoms with E-state index >= 15 is 0 Å². The Morgan fingerprint density at radius 1 is 1.24 bits per heavy atom. The molecule has 6 heteroatoms. The molecule has 0 N–H and O–H groups in total. The maximum Gasteiger partial charge on any atom is 0.236 e. The molecular weight excluding hydrogens is 290 g/mol. The molecule has 114 valence electrons. The summed E-state index contributed by atoms with van der Waals surface area (Å²) in [6.07, 6.45) is 2.17. The Hall–Kier alpha value is -1.66. The van der Waals surface area contributed by atoms with Crippen LogP contribution in [0, 0.1) is 12.8 Å². The summed E-state index contributed by atoms with van der Waals surface area (Å²) in [5.74, 6) is -1.64. The van der Waals surface area contributed by atoms with Gasteiger partial charge in [0.2, 0.25) is 10.0 Å². The largest absolute Gasteiger partial charge is 0.550 e. The second-order valence-corrected chi connectivity index (χ2v) is 7.07. The Balaban J connectivity index is 2.02. The number of carboxylic acid groups (broad SMARTS) is 1. The van der Waals surface area contributed by atoms with Gasteiger partial charge >= 0.3 is 0 Å². The number of sulfonamides is 1. The van der Waals surface area contributed by atoms with Gasteiger partial charge in [-0.25, -0.2) is 8.42 Å². The van der Waals surface area contributed by atoms with Gasteiger partial charge in [0.25, 0.3) is 0 Å². The number of aliphatic carboxylic acids is 1. The first-order chi connectivity index (χ1) is 9.88. The Morgan fingerprint density at radius 3 is 2.33 bits per heavy atom. The van der Waals surface area contributed by atoms with Crippen LogP contribution in [0.3, 0.4) is 0 Å². The standard InChI is InChI=1S/C15H19NO4S/c1-12-2-4-13(5-3-12)8-11-21(19,20)16-9-6-14(7-10-16)15(17)18/h2-5,8,11,14H,6-7,9-10H2,1H3,(H,17,18)/p-1/b11-8+. The van der Waals surface area contributed by atoms with E-state index in [4.69, 9.17) is 0 Å². The number of piperidine rings is 1. The highest BCUT2D eigenvalue weighted by molar-refractivity contribution is 7.92. The third kappa shape index (κ3) is 4.15. The fourth-order valence-electron chi connectivity index (χ4n) is 2.27. The molecule has 0 atom stereocenters. The number of benzene rings is 1. The summed E-state index contributed by atoms with van der Waals surface area (Å²) in [5.41, 5.74) is 1.92. The third-order valence-electron chi connectivity index (χ3n) is 3.66. The van der Waals surface area contributed by atoms with Gasteiger partial charge in [-0.3, -0.25) is 0 Å². The summed E-state index contributed by atoms with van der Waals surface area (Å²) in [4.78, 5) is 10.8. The van der Waals surface area contributed by atoms with E-state index in [0.717, 1.165) is 11.1 Å². The van der Waals surface area contributed by atoms with Crippen molar-refractivity contribution < 1.29 is 18.3 Å². The number of rotatable bonds is 4. The van der Waals surface area contributed by atoms with Crippen molar-refractivity contribution in [2.24, 2.45) is 5.92 Å². The fraction of sp³-hybridized carbons (Fsp3) is 0.400. The first-order valence-corrected chi connectivity index (χ1v) is 8.34. The number of carbonyl (C=O) groups is 1. The second kappa shape index (κ2) is 6.41. The molecule has 2 rings (SSSR count). The van der Waals surface area contributed by atoms with Crippen LogP contribution in [-0.4, -0.2) is 31.8 Å². The molecule has 1 heterocycles. The van der Waals surface area contributed by atoms with E-state index in [1.807, 2.05) is 31.2 Å². The fourth-order valence-corrected chi connectivity index (χ4v) is 3.50. The summed E-state index contributed by atoms with van der Waals surface area (Å²) in [7, 11) is -3.50. The first kappa shape index (κ1) is 15.7. The molecule has 0 radical (unpaired) electrons. The van der Waals surface area contributed by atoms with E-state index < -0.39 is 21.9 Å². The number of hydrogen-bond donors (Lipinski definition) is 0. The topological polar surface area (TPSA) is 77.5 Å². The van der Waals surface area contributed by atoms with Crippen molar-refractivity contribution >= 4 is 22.1 Å². The normalized spacial score (nSPS) is 18.1. The Labute approximate surface area is 124 Å². The van der Waals surface area contributed by atoms with Crippen LogP contribution >= 0.6 is 0 Å². The summed E-state index contributed by atoms with van der Waals surface area (Å²) in [6, 6.07) is 7.53. The lowest BCUT2D eigenvalue weighted by Gasteiger charge is -2.30.